The largest absolute Gasteiger partial charge is 0.359 e. The number of rotatable bonds is 2. The van der Waals surface area contributed by atoms with Gasteiger partial charge in [0.25, 0.3) is 0 Å². The second kappa shape index (κ2) is 5.35. The Bertz CT molecular complexity index is 500. The molecule has 1 atom stereocenters. The second-order valence-electron chi connectivity index (χ2n) is 5.17. The fourth-order valence-electron chi connectivity index (χ4n) is 3.11. The lowest BCUT2D eigenvalue weighted by atomic mass is 9.85. The Kier molecular flexibility index (Phi) is 3.97. The number of carbonyl (C=O) groups is 1. The summed E-state index contributed by atoms with van der Waals surface area (Å²) in [4.78, 5) is 14.7. The molecule has 0 aliphatic carbocycles. The number of allylic oxidation sites excluding steroid dienone is 1. The average molecular weight is 279 g/mol. The number of carbonyl (C=O) groups excluding carboxylic acids is 1. The molecule has 0 aromatic heterocycles. The quantitative estimate of drug-likeness (QED) is 0.895. The van der Waals surface area contributed by atoms with E-state index in [0.717, 1.165) is 31.8 Å². The maximum atomic E-state index is 12.4. The van der Waals surface area contributed by atoms with Crippen LogP contribution in [0.3, 0.4) is 0 Å². The third-order valence-corrected chi connectivity index (χ3v) is 4.01. The fourth-order valence-corrected chi connectivity index (χ4v) is 3.11. The van der Waals surface area contributed by atoms with Crippen LogP contribution in [-0.2, 0) is 11.2 Å². The van der Waals surface area contributed by atoms with Gasteiger partial charge in [-0.05, 0) is 12.5 Å². The van der Waals surface area contributed by atoms with Crippen molar-refractivity contribution in [3.8, 4) is 0 Å². The topological polar surface area (TPSA) is 32.3 Å². The van der Waals surface area contributed by atoms with Crippen LogP contribution in [0.4, 0.5) is 0 Å². The molecule has 0 radical (unpaired) electrons. The number of piperazine rings is 1. The molecule has 3 rings (SSSR count). The summed E-state index contributed by atoms with van der Waals surface area (Å²) in [6.45, 7) is 4.65. The first-order chi connectivity index (χ1) is 8.72. The SMILES string of the molecule is CC1=CC(=O)C2(Cc3ccccc3)CNCCN12.Cl. The first-order valence-electron chi connectivity index (χ1n) is 6.47. The van der Waals surface area contributed by atoms with E-state index >= 15 is 0 Å². The highest BCUT2D eigenvalue weighted by Crippen LogP contribution is 2.33. The Balaban J connectivity index is 0.00000133. The van der Waals surface area contributed by atoms with Crippen molar-refractivity contribution in [2.45, 2.75) is 18.9 Å². The van der Waals surface area contributed by atoms with Crippen LogP contribution in [0.1, 0.15) is 12.5 Å². The fraction of sp³-hybridized carbons (Fsp3) is 0.400. The molecule has 0 spiro atoms. The summed E-state index contributed by atoms with van der Waals surface area (Å²) >= 11 is 0. The highest BCUT2D eigenvalue weighted by molar-refractivity contribution is 6.01. The maximum Gasteiger partial charge on any atom is 0.184 e. The van der Waals surface area contributed by atoms with E-state index in [1.807, 2.05) is 25.1 Å². The number of hydrogen-bond acceptors (Lipinski definition) is 3. The molecule has 0 amide bonds. The van der Waals surface area contributed by atoms with E-state index in [1.54, 1.807) is 6.08 Å². The van der Waals surface area contributed by atoms with Gasteiger partial charge in [-0.1, -0.05) is 30.3 Å². The molecule has 19 heavy (non-hydrogen) atoms. The third-order valence-electron chi connectivity index (χ3n) is 4.01. The van der Waals surface area contributed by atoms with Gasteiger partial charge in [-0.15, -0.1) is 12.4 Å². The second-order valence-corrected chi connectivity index (χ2v) is 5.17. The summed E-state index contributed by atoms with van der Waals surface area (Å²) in [5.74, 6) is 0.246. The van der Waals surface area contributed by atoms with Gasteiger partial charge in [-0.2, -0.15) is 0 Å². The van der Waals surface area contributed by atoms with E-state index in [9.17, 15) is 4.79 Å². The lowest BCUT2D eigenvalue weighted by molar-refractivity contribution is -0.123. The van der Waals surface area contributed by atoms with E-state index < -0.39 is 0 Å². The molecular weight excluding hydrogens is 260 g/mol. The van der Waals surface area contributed by atoms with Crippen molar-refractivity contribution in [2.75, 3.05) is 19.6 Å². The van der Waals surface area contributed by atoms with Crippen LogP contribution in [0.15, 0.2) is 42.1 Å². The zero-order valence-corrected chi connectivity index (χ0v) is 11.9. The van der Waals surface area contributed by atoms with Crippen molar-refractivity contribution >= 4 is 18.2 Å². The number of hydrogen-bond donors (Lipinski definition) is 1. The standard InChI is InChI=1S/C15H18N2O.ClH/c1-12-9-14(18)15(11-16-7-8-17(12)15)10-13-5-3-2-4-6-13;/h2-6,9,16H,7-8,10-11H2,1H3;1H. The molecule has 1 aromatic carbocycles. The average Bonchev–Trinajstić information content (AvgIpc) is 2.63. The van der Waals surface area contributed by atoms with Crippen molar-refractivity contribution in [2.24, 2.45) is 0 Å². The Morgan fingerprint density at radius 3 is 2.79 bits per heavy atom. The molecule has 102 valence electrons. The Labute approximate surface area is 120 Å². The van der Waals surface area contributed by atoms with Gasteiger partial charge in [0.2, 0.25) is 0 Å². The molecule has 2 aliphatic heterocycles. The van der Waals surface area contributed by atoms with Crippen molar-refractivity contribution in [3.05, 3.63) is 47.7 Å². The van der Waals surface area contributed by atoms with Gasteiger partial charge in [0.15, 0.2) is 5.78 Å². The third kappa shape index (κ3) is 2.28. The zero-order valence-electron chi connectivity index (χ0n) is 11.1. The number of benzene rings is 1. The molecule has 1 aromatic rings. The lowest BCUT2D eigenvalue weighted by Gasteiger charge is -2.44. The smallest absolute Gasteiger partial charge is 0.184 e. The van der Waals surface area contributed by atoms with Crippen molar-refractivity contribution in [1.82, 2.24) is 10.2 Å². The first kappa shape index (κ1) is 14.1. The van der Waals surface area contributed by atoms with Crippen LogP contribution in [0.5, 0.6) is 0 Å². The van der Waals surface area contributed by atoms with E-state index in [4.69, 9.17) is 0 Å². The minimum Gasteiger partial charge on any atom is -0.359 e. The van der Waals surface area contributed by atoms with Gasteiger partial charge in [0, 0.05) is 37.8 Å². The molecule has 4 heteroatoms. The highest BCUT2D eigenvalue weighted by atomic mass is 35.5. The van der Waals surface area contributed by atoms with Crippen molar-refractivity contribution in [3.63, 3.8) is 0 Å². The zero-order chi connectivity index (χ0) is 12.6. The molecule has 2 aliphatic rings. The summed E-state index contributed by atoms with van der Waals surface area (Å²) in [6, 6.07) is 10.3. The van der Waals surface area contributed by atoms with E-state index in [2.05, 4.69) is 22.3 Å². The summed E-state index contributed by atoms with van der Waals surface area (Å²) in [6.07, 6.45) is 2.59. The van der Waals surface area contributed by atoms with Gasteiger partial charge in [-0.3, -0.25) is 4.79 Å². The molecule has 0 bridgehead atoms. The summed E-state index contributed by atoms with van der Waals surface area (Å²) in [5.41, 5.74) is 1.95. The number of fused-ring (bicyclic) bond motifs is 1. The highest BCUT2D eigenvalue weighted by Gasteiger charge is 2.48. The summed E-state index contributed by atoms with van der Waals surface area (Å²) < 4.78 is 0. The van der Waals surface area contributed by atoms with Crippen LogP contribution in [0.25, 0.3) is 0 Å². The normalized spacial score (nSPS) is 25.6. The molecule has 1 N–H and O–H groups in total. The van der Waals surface area contributed by atoms with Crippen LogP contribution in [0.2, 0.25) is 0 Å². The van der Waals surface area contributed by atoms with Crippen molar-refractivity contribution < 1.29 is 4.79 Å². The number of nitrogens with one attached hydrogen (secondary N) is 1. The van der Waals surface area contributed by atoms with Gasteiger partial charge < -0.3 is 10.2 Å². The van der Waals surface area contributed by atoms with Gasteiger partial charge in [0.1, 0.15) is 5.54 Å². The summed E-state index contributed by atoms with van der Waals surface area (Å²) in [5, 5.41) is 3.37. The van der Waals surface area contributed by atoms with E-state index in [0.29, 0.717) is 0 Å². The van der Waals surface area contributed by atoms with Gasteiger partial charge in [-0.25, -0.2) is 0 Å². The Hall–Kier alpha value is -1.32. The number of ketones is 1. The Morgan fingerprint density at radius 1 is 1.32 bits per heavy atom. The molecule has 0 saturated carbocycles. The Morgan fingerprint density at radius 2 is 2.05 bits per heavy atom. The minimum absolute atomic E-state index is 0. The number of nitrogens with zero attached hydrogens (tertiary/aromatic N) is 1. The molecule has 1 unspecified atom stereocenters. The van der Waals surface area contributed by atoms with Crippen LogP contribution >= 0.6 is 12.4 Å². The predicted octanol–water partition coefficient (Wildman–Crippen LogP) is 1.78. The predicted molar refractivity (Wildman–Crippen MR) is 78.5 cm³/mol. The summed E-state index contributed by atoms with van der Waals surface area (Å²) in [7, 11) is 0. The monoisotopic (exact) mass is 278 g/mol. The molecule has 1 saturated heterocycles. The van der Waals surface area contributed by atoms with Gasteiger partial charge in [0.05, 0.1) is 0 Å². The van der Waals surface area contributed by atoms with Crippen molar-refractivity contribution in [1.29, 1.82) is 0 Å². The molecule has 3 nitrogen and oxygen atoms in total. The molecular formula is C15H19ClN2O. The van der Waals surface area contributed by atoms with E-state index in [-0.39, 0.29) is 23.7 Å². The minimum atomic E-state index is -0.385. The van der Waals surface area contributed by atoms with Gasteiger partial charge >= 0.3 is 0 Å². The maximum absolute atomic E-state index is 12.4. The lowest BCUT2D eigenvalue weighted by Crippen LogP contribution is -2.62. The van der Waals surface area contributed by atoms with Crippen LogP contribution in [0, 0.1) is 0 Å². The van der Waals surface area contributed by atoms with Crippen LogP contribution in [-0.4, -0.2) is 35.9 Å². The molecule has 2 heterocycles. The number of halogens is 1. The van der Waals surface area contributed by atoms with Crippen LogP contribution < -0.4 is 5.32 Å². The van der Waals surface area contributed by atoms with E-state index in [1.165, 1.54) is 5.56 Å². The molecule has 1 fully saturated rings. The first-order valence-corrected chi connectivity index (χ1v) is 6.47.